The van der Waals surface area contributed by atoms with Crippen molar-refractivity contribution in [3.8, 4) is 68.0 Å². The fourth-order valence-corrected chi connectivity index (χ4v) is 9.83. The monoisotopic (exact) mass is 869 g/mol. The SMILES string of the molecule is [C-]#[N+]c1ccc(-c2ccc3c(c2)c2ccccc2n3-c2cccc(C#N)c2-c2c(-c3c(C)cccc3C(F)(F)F)cccc2-n2c3ccccc3c3cc(-c4ccc(C#N)cc4)ccc32)cc1. The zero-order chi connectivity index (χ0) is 46.0. The lowest BCUT2D eigenvalue weighted by atomic mass is 9.85. The molecule has 0 fully saturated rings. The standard InChI is InChI=1S/C59H34F3N5/c1-36-10-7-15-49(59(60,61)62)56(36)46-14-9-19-55(67-51-17-6-4-13-45(51)48-32-40(26-31-53(48)67)38-22-20-37(34-63)21-23-38)58(46)57-42(35-64)11-8-18-54(57)66-50-16-5-3-12-44(50)47-33-41(27-30-52(47)66)39-24-28-43(65-2)29-25-39/h3-33H,1H3. The van der Waals surface area contributed by atoms with Crippen LogP contribution in [0.5, 0.6) is 0 Å². The molecule has 0 bridgehead atoms. The molecule has 0 amide bonds. The number of nitriles is 2. The molecule has 5 nitrogen and oxygen atoms in total. The number of rotatable bonds is 6. The number of aromatic nitrogens is 2. The summed E-state index contributed by atoms with van der Waals surface area (Å²) in [5.41, 5.74) is 10.7. The van der Waals surface area contributed by atoms with Gasteiger partial charge in [0.05, 0.1) is 68.8 Å². The van der Waals surface area contributed by atoms with E-state index in [4.69, 9.17) is 6.57 Å². The molecule has 11 aromatic rings. The number of nitrogens with zero attached hydrogens (tertiary/aromatic N) is 5. The number of alkyl halides is 3. The van der Waals surface area contributed by atoms with Crippen LogP contribution < -0.4 is 0 Å². The molecule has 67 heavy (non-hydrogen) atoms. The van der Waals surface area contributed by atoms with Crippen LogP contribution in [-0.2, 0) is 6.18 Å². The number of hydrogen-bond acceptors (Lipinski definition) is 2. The van der Waals surface area contributed by atoms with Gasteiger partial charge in [-0.05, 0) is 119 Å². The predicted molar refractivity (Wildman–Crippen MR) is 262 cm³/mol. The Morgan fingerprint density at radius 2 is 0.985 bits per heavy atom. The van der Waals surface area contributed by atoms with E-state index < -0.39 is 11.7 Å². The van der Waals surface area contributed by atoms with Gasteiger partial charge in [-0.3, -0.25) is 0 Å². The number of halogens is 3. The average molecular weight is 870 g/mol. The van der Waals surface area contributed by atoms with Gasteiger partial charge in [-0.15, -0.1) is 0 Å². The fraction of sp³-hybridized carbons (Fsp3) is 0.0339. The molecule has 11 rings (SSSR count). The van der Waals surface area contributed by atoms with Crippen molar-refractivity contribution < 1.29 is 13.2 Å². The molecule has 2 heterocycles. The van der Waals surface area contributed by atoms with E-state index in [0.717, 1.165) is 71.9 Å². The Hall–Kier alpha value is -9.16. The van der Waals surface area contributed by atoms with Crippen LogP contribution in [0.4, 0.5) is 18.9 Å². The molecule has 0 N–H and O–H groups in total. The molecule has 0 unspecified atom stereocenters. The molecule has 0 spiro atoms. The van der Waals surface area contributed by atoms with Gasteiger partial charge in [0.2, 0.25) is 0 Å². The van der Waals surface area contributed by atoms with Crippen molar-refractivity contribution in [3.63, 3.8) is 0 Å². The smallest absolute Gasteiger partial charge is 0.309 e. The fourth-order valence-electron chi connectivity index (χ4n) is 9.83. The van der Waals surface area contributed by atoms with E-state index in [1.165, 1.54) is 6.07 Å². The molecule has 2 aromatic heterocycles. The lowest BCUT2D eigenvalue weighted by Gasteiger charge is -2.24. The summed E-state index contributed by atoms with van der Waals surface area (Å²) in [4.78, 5) is 3.56. The highest BCUT2D eigenvalue weighted by Gasteiger charge is 2.36. The maximum Gasteiger partial charge on any atom is 0.417 e. The Bertz CT molecular complexity index is 3950. The minimum atomic E-state index is -4.69. The van der Waals surface area contributed by atoms with Crippen LogP contribution >= 0.6 is 0 Å². The summed E-state index contributed by atoms with van der Waals surface area (Å²) in [7, 11) is 0. The predicted octanol–water partition coefficient (Wildman–Crippen LogP) is 16.2. The number of para-hydroxylation sites is 2. The molecule has 0 saturated heterocycles. The van der Waals surface area contributed by atoms with Gasteiger partial charge in [0.25, 0.3) is 0 Å². The molecule has 0 radical (unpaired) electrons. The first-order valence-electron chi connectivity index (χ1n) is 21.6. The lowest BCUT2D eigenvalue weighted by molar-refractivity contribution is -0.137. The van der Waals surface area contributed by atoms with E-state index in [2.05, 4.69) is 44.3 Å². The van der Waals surface area contributed by atoms with Crippen LogP contribution in [-0.4, -0.2) is 9.13 Å². The highest BCUT2D eigenvalue weighted by atomic mass is 19.4. The summed E-state index contributed by atoms with van der Waals surface area (Å²) in [6.45, 7) is 9.13. The van der Waals surface area contributed by atoms with Crippen LogP contribution in [0.2, 0.25) is 0 Å². The van der Waals surface area contributed by atoms with Gasteiger partial charge >= 0.3 is 6.18 Å². The van der Waals surface area contributed by atoms with Crippen LogP contribution in [0.1, 0.15) is 22.3 Å². The number of fused-ring (bicyclic) bond motifs is 6. The molecule has 0 aliphatic carbocycles. The van der Waals surface area contributed by atoms with Crippen molar-refractivity contribution >= 4 is 49.3 Å². The van der Waals surface area contributed by atoms with Crippen molar-refractivity contribution in [3.05, 3.63) is 222 Å². The van der Waals surface area contributed by atoms with Gasteiger partial charge in [-0.1, -0.05) is 115 Å². The Kier molecular flexibility index (Phi) is 9.59. The Morgan fingerprint density at radius 3 is 1.54 bits per heavy atom. The summed E-state index contributed by atoms with van der Waals surface area (Å²) in [6, 6.07) is 63.1. The third-order valence-electron chi connectivity index (χ3n) is 12.8. The molecular formula is C59H34F3N5. The van der Waals surface area contributed by atoms with Gasteiger partial charge in [0.15, 0.2) is 5.69 Å². The Balaban J connectivity index is 1.26. The molecule has 0 saturated carbocycles. The molecule has 316 valence electrons. The van der Waals surface area contributed by atoms with Crippen molar-refractivity contribution in [1.29, 1.82) is 10.5 Å². The first kappa shape index (κ1) is 40.6. The van der Waals surface area contributed by atoms with Gasteiger partial charge in [-0.2, -0.15) is 23.7 Å². The first-order chi connectivity index (χ1) is 32.7. The van der Waals surface area contributed by atoms with Gasteiger partial charge in [0, 0.05) is 32.7 Å². The van der Waals surface area contributed by atoms with Crippen LogP contribution in [0.15, 0.2) is 188 Å². The number of aryl methyl sites for hydroxylation is 1. The van der Waals surface area contributed by atoms with E-state index in [9.17, 15) is 10.5 Å². The maximum absolute atomic E-state index is 15.4. The van der Waals surface area contributed by atoms with Gasteiger partial charge in [0.1, 0.15) is 0 Å². The second-order valence-electron chi connectivity index (χ2n) is 16.5. The molecular weight excluding hydrogens is 836 g/mol. The van der Waals surface area contributed by atoms with E-state index in [1.54, 1.807) is 55.5 Å². The molecule has 0 atom stereocenters. The van der Waals surface area contributed by atoms with E-state index >= 15 is 13.2 Å². The normalized spacial score (nSPS) is 11.5. The minimum Gasteiger partial charge on any atom is -0.309 e. The minimum absolute atomic E-state index is 0.0329. The topological polar surface area (TPSA) is 61.8 Å². The lowest BCUT2D eigenvalue weighted by Crippen LogP contribution is -2.10. The van der Waals surface area contributed by atoms with Crippen LogP contribution in [0.3, 0.4) is 0 Å². The zero-order valence-corrected chi connectivity index (χ0v) is 35.8. The van der Waals surface area contributed by atoms with E-state index in [-0.39, 0.29) is 5.56 Å². The Labute approximate surface area is 383 Å². The highest BCUT2D eigenvalue weighted by Crippen LogP contribution is 2.49. The molecule has 0 aliphatic rings. The number of benzene rings is 9. The summed E-state index contributed by atoms with van der Waals surface area (Å²) < 4.78 is 50.3. The third-order valence-corrected chi connectivity index (χ3v) is 12.8. The molecule has 0 aliphatic heterocycles. The van der Waals surface area contributed by atoms with E-state index in [0.29, 0.717) is 50.4 Å². The summed E-state index contributed by atoms with van der Waals surface area (Å²) in [5.74, 6) is 0. The largest absolute Gasteiger partial charge is 0.417 e. The van der Waals surface area contributed by atoms with Crippen molar-refractivity contribution in [2.45, 2.75) is 13.1 Å². The third kappa shape index (κ3) is 6.61. The first-order valence-corrected chi connectivity index (χ1v) is 21.6. The zero-order valence-electron chi connectivity index (χ0n) is 35.8. The molecule has 9 aromatic carbocycles. The van der Waals surface area contributed by atoms with Crippen molar-refractivity contribution in [2.24, 2.45) is 0 Å². The average Bonchev–Trinajstić information content (AvgIpc) is 3.87. The quantitative estimate of drug-likeness (QED) is 0.156. The number of hydrogen-bond donors (Lipinski definition) is 0. The van der Waals surface area contributed by atoms with Gasteiger partial charge < -0.3 is 9.13 Å². The second-order valence-corrected chi connectivity index (χ2v) is 16.5. The van der Waals surface area contributed by atoms with Crippen LogP contribution in [0.25, 0.3) is 104 Å². The maximum atomic E-state index is 15.4. The van der Waals surface area contributed by atoms with Crippen molar-refractivity contribution in [1.82, 2.24) is 9.13 Å². The van der Waals surface area contributed by atoms with Crippen molar-refractivity contribution in [2.75, 3.05) is 0 Å². The van der Waals surface area contributed by atoms with Gasteiger partial charge in [-0.25, -0.2) is 4.85 Å². The second kappa shape index (κ2) is 15.8. The summed E-state index contributed by atoms with van der Waals surface area (Å²) in [6.07, 6.45) is -4.69. The van der Waals surface area contributed by atoms with E-state index in [1.807, 2.05) is 109 Å². The van der Waals surface area contributed by atoms with Crippen LogP contribution in [0, 0.1) is 36.2 Å². The summed E-state index contributed by atoms with van der Waals surface area (Å²) >= 11 is 0. The Morgan fingerprint density at radius 1 is 0.478 bits per heavy atom. The molecule has 8 heteroatoms. The highest BCUT2D eigenvalue weighted by molar-refractivity contribution is 6.13. The summed E-state index contributed by atoms with van der Waals surface area (Å²) in [5, 5.41) is 24.4.